The van der Waals surface area contributed by atoms with E-state index in [1.165, 1.54) is 0 Å². The second-order valence-corrected chi connectivity index (χ2v) is 14.6. The number of fused-ring (bicyclic) bond motifs is 3. The van der Waals surface area contributed by atoms with Crippen LogP contribution in [0.5, 0.6) is 11.5 Å². The number of rotatable bonds is 6. The molecule has 2 heterocycles. The van der Waals surface area contributed by atoms with Gasteiger partial charge in [-0.05, 0) is 69.4 Å². The highest BCUT2D eigenvalue weighted by Crippen LogP contribution is 2.57. The zero-order valence-corrected chi connectivity index (χ0v) is 28.0. The fourth-order valence-corrected chi connectivity index (χ4v) is 8.31. The first-order valence-electron chi connectivity index (χ1n) is 16.7. The SMILES string of the molecule is COc1ccc2c(O[C@H]3C[C@H]4C(=O)CCCCCC/C=C\[C@H]5C[C@@]5(C(=O)O)CC(=O)[C@@H]4C3)cc(-c3nc(C(C)C)cs3)nc2c1C. The summed E-state index contributed by atoms with van der Waals surface area (Å²) in [6.45, 7) is 6.19. The standard InChI is InChI=1S/C37H44N2O6S/c1-21(2)29-20-46-35(39-29)28-17-33(25-13-14-32(44-4)22(3)34(25)38-28)45-24-15-26-27(16-24)31(41)19-37(36(42)43)18-23(37)11-9-7-5-6-8-10-12-30(26)40/h9,11,13-14,17,20-21,23-24,26-27H,5-8,10,12,15-16,18-19H2,1-4H3,(H,42,43)/b11-9-/t23-,24-,26+,27+,37+/m0/s1. The third-order valence-corrected chi connectivity index (χ3v) is 11.2. The Hall–Kier alpha value is -3.59. The second kappa shape index (κ2) is 13.3. The number of hydrogen-bond donors (Lipinski definition) is 1. The molecule has 8 nitrogen and oxygen atoms in total. The van der Waals surface area contributed by atoms with Gasteiger partial charge in [0, 0.05) is 47.1 Å². The van der Waals surface area contributed by atoms with E-state index in [1.54, 1.807) is 18.4 Å². The summed E-state index contributed by atoms with van der Waals surface area (Å²) in [5.74, 6) is -0.454. The number of benzene rings is 1. The number of carbonyl (C=O) groups excluding carboxylic acids is 2. The fourth-order valence-electron chi connectivity index (χ4n) is 7.37. The summed E-state index contributed by atoms with van der Waals surface area (Å²) >= 11 is 1.54. The average molecular weight is 645 g/mol. The molecular formula is C37H44N2O6S. The highest BCUT2D eigenvalue weighted by atomic mass is 32.1. The van der Waals surface area contributed by atoms with Crippen LogP contribution in [0.4, 0.5) is 0 Å². The van der Waals surface area contributed by atoms with Crippen molar-refractivity contribution in [2.45, 2.75) is 97.0 Å². The van der Waals surface area contributed by atoms with Gasteiger partial charge in [-0.3, -0.25) is 14.4 Å². The van der Waals surface area contributed by atoms with Crippen LogP contribution in [0.2, 0.25) is 0 Å². The number of carbonyl (C=O) groups is 3. The van der Waals surface area contributed by atoms with Gasteiger partial charge in [0.25, 0.3) is 0 Å². The molecule has 0 radical (unpaired) electrons. The summed E-state index contributed by atoms with van der Waals surface area (Å²) in [6.07, 6.45) is 10.1. The smallest absolute Gasteiger partial charge is 0.310 e. The average Bonchev–Trinajstić information content (AvgIpc) is 3.33. The van der Waals surface area contributed by atoms with Gasteiger partial charge < -0.3 is 14.6 Å². The van der Waals surface area contributed by atoms with Crippen LogP contribution >= 0.6 is 11.3 Å². The third-order valence-electron chi connectivity index (χ3n) is 10.3. The quantitative estimate of drug-likeness (QED) is 0.268. The number of carboxylic acid groups (broad SMARTS) is 1. The van der Waals surface area contributed by atoms with Crippen LogP contribution in [-0.4, -0.2) is 45.8 Å². The van der Waals surface area contributed by atoms with Crippen molar-refractivity contribution in [1.29, 1.82) is 0 Å². The number of ether oxygens (including phenoxy) is 2. The summed E-state index contributed by atoms with van der Waals surface area (Å²) in [7, 11) is 1.64. The molecule has 5 atom stereocenters. The number of Topliss-reactive ketones (excluding diaryl/α,β-unsaturated/α-hetero) is 2. The van der Waals surface area contributed by atoms with Crippen LogP contribution in [0.25, 0.3) is 21.6 Å². The van der Waals surface area contributed by atoms with Crippen molar-refractivity contribution < 1.29 is 29.0 Å². The van der Waals surface area contributed by atoms with E-state index < -0.39 is 23.2 Å². The summed E-state index contributed by atoms with van der Waals surface area (Å²) in [5, 5.41) is 13.8. The summed E-state index contributed by atoms with van der Waals surface area (Å²) in [6, 6.07) is 5.76. The number of carboxylic acids is 1. The minimum Gasteiger partial charge on any atom is -0.496 e. The van der Waals surface area contributed by atoms with Crippen molar-refractivity contribution in [3.05, 3.63) is 47.0 Å². The van der Waals surface area contributed by atoms with E-state index in [-0.39, 0.29) is 35.9 Å². The predicted octanol–water partition coefficient (Wildman–Crippen LogP) is 8.10. The summed E-state index contributed by atoms with van der Waals surface area (Å²) in [4.78, 5) is 49.8. The third kappa shape index (κ3) is 6.35. The zero-order chi connectivity index (χ0) is 32.6. The van der Waals surface area contributed by atoms with E-state index in [0.717, 1.165) is 65.0 Å². The van der Waals surface area contributed by atoms with Crippen molar-refractivity contribution >= 4 is 39.8 Å². The van der Waals surface area contributed by atoms with E-state index in [9.17, 15) is 19.5 Å². The number of ketones is 2. The van der Waals surface area contributed by atoms with Gasteiger partial charge in [0.2, 0.25) is 0 Å². The fraction of sp³-hybridized carbons (Fsp3) is 0.541. The highest BCUT2D eigenvalue weighted by Gasteiger charge is 2.61. The lowest BCUT2D eigenvalue weighted by molar-refractivity contribution is -0.146. The van der Waals surface area contributed by atoms with Crippen molar-refractivity contribution in [1.82, 2.24) is 9.97 Å². The van der Waals surface area contributed by atoms with E-state index in [4.69, 9.17) is 19.4 Å². The van der Waals surface area contributed by atoms with E-state index >= 15 is 0 Å². The number of hydrogen-bond acceptors (Lipinski definition) is 8. The van der Waals surface area contributed by atoms with Crippen LogP contribution in [-0.2, 0) is 14.4 Å². The molecule has 0 unspecified atom stereocenters. The molecule has 0 amide bonds. The van der Waals surface area contributed by atoms with Crippen molar-refractivity contribution in [3.8, 4) is 22.2 Å². The van der Waals surface area contributed by atoms with Gasteiger partial charge in [0.1, 0.15) is 39.9 Å². The Bertz CT molecular complexity index is 1680. The van der Waals surface area contributed by atoms with Gasteiger partial charge >= 0.3 is 5.97 Å². The maximum Gasteiger partial charge on any atom is 0.310 e. The Morgan fingerprint density at radius 3 is 2.52 bits per heavy atom. The largest absolute Gasteiger partial charge is 0.496 e. The number of pyridine rings is 1. The van der Waals surface area contributed by atoms with Gasteiger partial charge in [0.15, 0.2) is 0 Å². The van der Waals surface area contributed by atoms with E-state index in [2.05, 4.69) is 25.3 Å². The molecule has 3 aliphatic rings. The molecule has 0 aliphatic heterocycles. The lowest BCUT2D eigenvalue weighted by Gasteiger charge is -2.19. The van der Waals surface area contributed by atoms with Crippen LogP contribution in [0.3, 0.4) is 0 Å². The molecule has 2 saturated carbocycles. The second-order valence-electron chi connectivity index (χ2n) is 13.7. The molecule has 0 bridgehead atoms. The Labute approximate surface area is 274 Å². The molecule has 46 heavy (non-hydrogen) atoms. The first-order valence-corrected chi connectivity index (χ1v) is 17.6. The number of thiazole rings is 1. The Morgan fingerprint density at radius 1 is 1.04 bits per heavy atom. The lowest BCUT2D eigenvalue weighted by atomic mass is 9.82. The molecule has 244 valence electrons. The lowest BCUT2D eigenvalue weighted by Crippen LogP contribution is -2.30. The molecule has 2 fully saturated rings. The number of allylic oxidation sites excluding steroid dienone is 2. The minimum atomic E-state index is -1.06. The van der Waals surface area contributed by atoms with Crippen LogP contribution < -0.4 is 9.47 Å². The molecule has 3 aliphatic carbocycles. The number of methoxy groups -OCH3 is 1. The number of aryl methyl sites for hydroxylation is 1. The van der Waals surface area contributed by atoms with Crippen molar-refractivity contribution in [2.24, 2.45) is 23.2 Å². The zero-order valence-electron chi connectivity index (χ0n) is 27.2. The molecule has 0 spiro atoms. The number of nitrogens with zero attached hydrogens (tertiary/aromatic N) is 2. The molecule has 1 N–H and O–H groups in total. The molecule has 1 aromatic carbocycles. The monoisotopic (exact) mass is 644 g/mol. The van der Waals surface area contributed by atoms with Gasteiger partial charge in [-0.1, -0.05) is 38.8 Å². The number of aliphatic carboxylic acids is 1. The van der Waals surface area contributed by atoms with E-state index in [1.807, 2.05) is 31.2 Å². The Balaban J connectivity index is 1.33. The molecule has 0 saturated heterocycles. The molecule has 2 aromatic heterocycles. The van der Waals surface area contributed by atoms with Crippen LogP contribution in [0.15, 0.2) is 35.7 Å². The maximum absolute atomic E-state index is 13.9. The van der Waals surface area contributed by atoms with Crippen molar-refractivity contribution in [2.75, 3.05) is 7.11 Å². The maximum atomic E-state index is 13.9. The predicted molar refractivity (Wildman–Crippen MR) is 179 cm³/mol. The van der Waals surface area contributed by atoms with Gasteiger partial charge in [0.05, 0.1) is 23.7 Å². The topological polar surface area (TPSA) is 116 Å². The molecule has 3 aromatic rings. The first kappa shape index (κ1) is 32.4. The van der Waals surface area contributed by atoms with Crippen molar-refractivity contribution in [3.63, 3.8) is 0 Å². The molecule has 6 rings (SSSR count). The highest BCUT2D eigenvalue weighted by molar-refractivity contribution is 7.13. The van der Waals surface area contributed by atoms with Crippen LogP contribution in [0, 0.1) is 30.1 Å². The van der Waals surface area contributed by atoms with Gasteiger partial charge in [-0.25, -0.2) is 9.97 Å². The van der Waals surface area contributed by atoms with Gasteiger partial charge in [-0.15, -0.1) is 11.3 Å². The van der Waals surface area contributed by atoms with Crippen LogP contribution in [0.1, 0.15) is 95.2 Å². The normalized spacial score (nSPS) is 27.8. The molecular weight excluding hydrogens is 600 g/mol. The Kier molecular flexibility index (Phi) is 9.33. The first-order chi connectivity index (χ1) is 22.1. The summed E-state index contributed by atoms with van der Waals surface area (Å²) in [5.41, 5.74) is 2.29. The number of aromatic nitrogens is 2. The minimum absolute atomic E-state index is 0.0396. The molecule has 9 heteroatoms. The van der Waals surface area contributed by atoms with E-state index in [0.29, 0.717) is 37.1 Å². The summed E-state index contributed by atoms with van der Waals surface area (Å²) < 4.78 is 12.3. The Morgan fingerprint density at radius 2 is 1.80 bits per heavy atom. The van der Waals surface area contributed by atoms with Gasteiger partial charge in [-0.2, -0.15) is 0 Å².